The Morgan fingerprint density at radius 2 is 1.75 bits per heavy atom. The summed E-state index contributed by atoms with van der Waals surface area (Å²) in [4.78, 5) is 34.7. The molecule has 28 heavy (non-hydrogen) atoms. The molecule has 0 amide bonds. The molecule has 1 aromatic heterocycles. The van der Waals surface area contributed by atoms with Crippen LogP contribution in [0.4, 0.5) is 5.82 Å². The molecule has 0 saturated carbocycles. The van der Waals surface area contributed by atoms with Crippen LogP contribution >= 0.6 is 0 Å². The zero-order chi connectivity index (χ0) is 21.5. The predicted molar refractivity (Wildman–Crippen MR) is 98.3 cm³/mol. The largest absolute Gasteiger partial charge is 0.478 e. The highest BCUT2D eigenvalue weighted by Gasteiger charge is 2.16. The maximum atomic E-state index is 11.2. The molecular weight excluding hydrogens is 394 g/mol. The highest BCUT2D eigenvalue weighted by molar-refractivity contribution is 7.91. The second-order valence-electron chi connectivity index (χ2n) is 5.53. The number of benzene rings is 1. The number of carbonyl (C=O) groups is 2. The van der Waals surface area contributed by atoms with Crippen LogP contribution in [0.25, 0.3) is 0 Å². The Kier molecular flexibility index (Phi) is 7.80. The van der Waals surface area contributed by atoms with Crippen LogP contribution in [0.5, 0.6) is 0 Å². The van der Waals surface area contributed by atoms with Gasteiger partial charge in [-0.25, -0.2) is 27.6 Å². The van der Waals surface area contributed by atoms with Crippen LogP contribution in [0.3, 0.4) is 0 Å². The van der Waals surface area contributed by atoms with Crippen LogP contribution < -0.4 is 0 Å². The fourth-order valence-electron chi connectivity index (χ4n) is 2.12. The zero-order valence-corrected chi connectivity index (χ0v) is 15.9. The van der Waals surface area contributed by atoms with E-state index >= 15 is 0 Å². The van der Waals surface area contributed by atoms with Crippen LogP contribution in [-0.4, -0.2) is 56.5 Å². The molecule has 0 spiro atoms. The minimum Gasteiger partial charge on any atom is -0.478 e. The van der Waals surface area contributed by atoms with E-state index in [9.17, 15) is 28.1 Å². The number of carboxylic acid groups (broad SMARTS) is 2. The number of hydrogen-bond acceptors (Lipinski definition) is 7. The molecule has 12 heteroatoms. The molecular formula is C16H19N3O8S. The third-order valence-electron chi connectivity index (χ3n) is 3.76. The summed E-state index contributed by atoms with van der Waals surface area (Å²) in [6.45, 7) is 3.08. The average molecular weight is 413 g/mol. The number of sulfone groups is 1. The molecule has 0 radical (unpaired) electrons. The van der Waals surface area contributed by atoms with Gasteiger partial charge in [0.25, 0.3) is 0 Å². The fourth-order valence-corrected chi connectivity index (χ4v) is 2.88. The van der Waals surface area contributed by atoms with E-state index in [4.69, 9.17) is 10.2 Å². The summed E-state index contributed by atoms with van der Waals surface area (Å²) >= 11 is 0. The molecule has 0 aliphatic heterocycles. The molecule has 0 saturated heterocycles. The number of aryl methyl sites for hydroxylation is 1. The standard InChI is InChI=1S/C9H8O4.C7H11N3O4S/c1-5-6(8(10)11)3-2-4-7(5)9(12)13;1-2-15(13,14)4-3-9-6-8-5-7(9)10(11)12/h2-4H,1H3,(H,10,11)(H,12,13);5-6H,2-4H2,1H3. The lowest BCUT2D eigenvalue weighted by Gasteiger charge is -2.03. The van der Waals surface area contributed by atoms with Crippen molar-refractivity contribution >= 4 is 27.6 Å². The first-order valence-electron chi connectivity index (χ1n) is 7.91. The second-order valence-corrected chi connectivity index (χ2v) is 8.00. The van der Waals surface area contributed by atoms with Crippen molar-refractivity contribution < 1.29 is 33.1 Å². The molecule has 2 rings (SSSR count). The first-order valence-corrected chi connectivity index (χ1v) is 9.73. The lowest BCUT2D eigenvalue weighted by molar-refractivity contribution is -0.392. The summed E-state index contributed by atoms with van der Waals surface area (Å²) < 4.78 is 23.6. The van der Waals surface area contributed by atoms with Crippen molar-refractivity contribution in [3.05, 3.63) is 57.5 Å². The monoisotopic (exact) mass is 413 g/mol. The van der Waals surface area contributed by atoms with Gasteiger partial charge in [-0.1, -0.05) is 13.0 Å². The number of aromatic carboxylic acids is 2. The van der Waals surface area contributed by atoms with E-state index in [0.29, 0.717) is 0 Å². The van der Waals surface area contributed by atoms with Crippen molar-refractivity contribution in [2.24, 2.45) is 0 Å². The first-order chi connectivity index (χ1) is 13.0. The Morgan fingerprint density at radius 3 is 2.18 bits per heavy atom. The molecule has 2 N–H and O–H groups in total. The first kappa shape index (κ1) is 22.8. The molecule has 0 atom stereocenters. The Labute approximate surface area is 160 Å². The van der Waals surface area contributed by atoms with E-state index in [2.05, 4.69) is 4.98 Å². The van der Waals surface area contributed by atoms with Gasteiger partial charge in [0, 0.05) is 5.75 Å². The number of rotatable bonds is 7. The van der Waals surface area contributed by atoms with E-state index in [0.717, 1.165) is 6.20 Å². The van der Waals surface area contributed by atoms with Gasteiger partial charge in [0.15, 0.2) is 16.2 Å². The number of nitro groups is 1. The number of aromatic nitrogens is 2. The lowest BCUT2D eigenvalue weighted by Crippen LogP contribution is -2.15. The molecule has 2 aromatic rings. The SMILES string of the molecule is CCS(=O)(=O)CCn1cncc1[N+](=O)[O-].Cc1c(C(=O)O)cccc1C(=O)O. The smallest absolute Gasteiger partial charge is 0.342 e. The van der Waals surface area contributed by atoms with Gasteiger partial charge in [-0.05, 0) is 29.5 Å². The third-order valence-corrected chi connectivity index (χ3v) is 5.44. The summed E-state index contributed by atoms with van der Waals surface area (Å²) in [6.07, 6.45) is 2.35. The summed E-state index contributed by atoms with van der Waals surface area (Å²) in [5.41, 5.74) is 0.335. The quantitative estimate of drug-likeness (QED) is 0.505. The third kappa shape index (κ3) is 6.16. The van der Waals surface area contributed by atoms with Crippen LogP contribution in [0, 0.1) is 17.0 Å². The minimum absolute atomic E-state index is 0.0277. The van der Waals surface area contributed by atoms with Gasteiger partial charge in [0.1, 0.15) is 12.7 Å². The van der Waals surface area contributed by atoms with Crippen molar-refractivity contribution in [1.29, 1.82) is 0 Å². The lowest BCUT2D eigenvalue weighted by atomic mass is 10.0. The molecule has 0 aliphatic rings. The normalized spacial score (nSPS) is 10.6. The van der Waals surface area contributed by atoms with Crippen molar-refractivity contribution in [2.45, 2.75) is 20.4 Å². The Hall–Kier alpha value is -3.28. The van der Waals surface area contributed by atoms with Crippen molar-refractivity contribution in [1.82, 2.24) is 9.55 Å². The maximum Gasteiger partial charge on any atom is 0.342 e. The van der Waals surface area contributed by atoms with Crippen LogP contribution in [0.15, 0.2) is 30.7 Å². The molecule has 0 fully saturated rings. The number of imidazole rings is 1. The molecule has 0 unspecified atom stereocenters. The van der Waals surface area contributed by atoms with E-state index in [-0.39, 0.29) is 40.6 Å². The number of hydrogen-bond donors (Lipinski definition) is 2. The topological polar surface area (TPSA) is 170 Å². The summed E-state index contributed by atoms with van der Waals surface area (Å²) in [5.74, 6) is -2.49. The van der Waals surface area contributed by atoms with Crippen molar-refractivity contribution in [3.63, 3.8) is 0 Å². The predicted octanol–water partition coefficient (Wildman–Crippen LogP) is 1.62. The minimum atomic E-state index is -3.11. The maximum absolute atomic E-state index is 11.2. The number of nitrogens with zero attached hydrogens (tertiary/aromatic N) is 3. The van der Waals surface area contributed by atoms with Gasteiger partial charge in [-0.3, -0.25) is 0 Å². The van der Waals surface area contributed by atoms with Crippen molar-refractivity contribution in [2.75, 3.05) is 11.5 Å². The molecule has 1 heterocycles. The highest BCUT2D eigenvalue weighted by Crippen LogP contribution is 2.13. The van der Waals surface area contributed by atoms with Gasteiger partial charge in [-0.2, -0.15) is 0 Å². The summed E-state index contributed by atoms with van der Waals surface area (Å²) in [5, 5.41) is 27.8. The van der Waals surface area contributed by atoms with E-state index in [1.165, 1.54) is 42.9 Å². The molecule has 1 aromatic carbocycles. The van der Waals surface area contributed by atoms with Crippen molar-refractivity contribution in [3.8, 4) is 0 Å². The molecule has 0 bridgehead atoms. The van der Waals surface area contributed by atoms with Crippen LogP contribution in [0.2, 0.25) is 0 Å². The molecule has 11 nitrogen and oxygen atoms in total. The Bertz CT molecular complexity index is 949. The van der Waals surface area contributed by atoms with E-state index < -0.39 is 26.7 Å². The van der Waals surface area contributed by atoms with Gasteiger partial charge < -0.3 is 20.3 Å². The van der Waals surface area contributed by atoms with E-state index in [1.807, 2.05) is 0 Å². The zero-order valence-electron chi connectivity index (χ0n) is 15.1. The molecule has 0 aliphatic carbocycles. The summed E-state index contributed by atoms with van der Waals surface area (Å²) in [6, 6.07) is 4.17. The molecule has 152 valence electrons. The summed E-state index contributed by atoms with van der Waals surface area (Å²) in [7, 11) is -3.11. The fraction of sp³-hybridized carbons (Fsp3) is 0.312. The Balaban J connectivity index is 0.000000283. The van der Waals surface area contributed by atoms with Gasteiger partial charge in [-0.15, -0.1) is 0 Å². The second kappa shape index (κ2) is 9.60. The van der Waals surface area contributed by atoms with Crippen LogP contribution in [0.1, 0.15) is 33.2 Å². The van der Waals surface area contributed by atoms with E-state index in [1.54, 1.807) is 0 Å². The van der Waals surface area contributed by atoms with Gasteiger partial charge in [0.05, 0.1) is 16.9 Å². The van der Waals surface area contributed by atoms with Gasteiger partial charge >= 0.3 is 17.8 Å². The Morgan fingerprint density at radius 1 is 1.21 bits per heavy atom. The van der Waals surface area contributed by atoms with Crippen LogP contribution in [-0.2, 0) is 16.4 Å². The number of carboxylic acids is 2. The highest BCUT2D eigenvalue weighted by atomic mass is 32.2. The average Bonchev–Trinajstić information content (AvgIpc) is 3.09. The van der Waals surface area contributed by atoms with Gasteiger partial charge in [0.2, 0.25) is 0 Å².